The third-order valence-electron chi connectivity index (χ3n) is 2.94. The first kappa shape index (κ1) is 12.5. The highest BCUT2D eigenvalue weighted by atomic mass is 32.2. The largest absolute Gasteiger partial charge is 0.507 e. The van der Waals surface area contributed by atoms with Crippen LogP contribution in [0.4, 0.5) is 0 Å². The molecule has 0 saturated heterocycles. The first-order valence-electron chi connectivity index (χ1n) is 6.02. The minimum absolute atomic E-state index is 0.280. The molecular weight excluding hydrogens is 268 g/mol. The molecule has 0 radical (unpaired) electrons. The Morgan fingerprint density at radius 2 is 1.80 bits per heavy atom. The molecule has 1 aromatic heterocycles. The quantitative estimate of drug-likeness (QED) is 0.770. The van der Waals surface area contributed by atoms with Crippen molar-refractivity contribution in [2.24, 2.45) is 0 Å². The van der Waals surface area contributed by atoms with Crippen molar-refractivity contribution in [2.75, 3.05) is 0 Å². The molecule has 0 fully saturated rings. The van der Waals surface area contributed by atoms with Crippen LogP contribution in [-0.4, -0.2) is 10.1 Å². The number of benzene rings is 2. The molecule has 0 aliphatic carbocycles. The van der Waals surface area contributed by atoms with Gasteiger partial charge in [0.25, 0.3) is 0 Å². The summed E-state index contributed by atoms with van der Waals surface area (Å²) in [7, 11) is 0. The van der Waals surface area contributed by atoms with Gasteiger partial charge in [-0.3, -0.25) is 0 Å². The third-order valence-corrected chi connectivity index (χ3v) is 3.99. The summed E-state index contributed by atoms with van der Waals surface area (Å²) in [6, 6.07) is 16.9. The first-order chi connectivity index (χ1) is 9.78. The van der Waals surface area contributed by atoms with Crippen LogP contribution >= 0.6 is 11.8 Å². The van der Waals surface area contributed by atoms with Gasteiger partial charge in [0, 0.05) is 21.4 Å². The number of aromatic nitrogens is 1. The number of nitrogens with zero attached hydrogens (tertiary/aromatic N) is 2. The highest BCUT2D eigenvalue weighted by Crippen LogP contribution is 2.36. The average Bonchev–Trinajstić information content (AvgIpc) is 2.51. The summed E-state index contributed by atoms with van der Waals surface area (Å²) >= 11 is 1.56. The van der Waals surface area contributed by atoms with Crippen molar-refractivity contribution in [3.8, 4) is 11.8 Å². The molecule has 1 N–H and O–H groups in total. The van der Waals surface area contributed by atoms with Gasteiger partial charge < -0.3 is 5.11 Å². The van der Waals surface area contributed by atoms with Gasteiger partial charge >= 0.3 is 0 Å². The van der Waals surface area contributed by atoms with E-state index in [0.717, 1.165) is 20.6 Å². The second-order valence-corrected chi connectivity index (χ2v) is 5.34. The molecule has 96 valence electrons. The molecule has 1 heterocycles. The summed E-state index contributed by atoms with van der Waals surface area (Å²) in [4.78, 5) is 6.06. The molecule has 2 aromatic carbocycles. The summed E-state index contributed by atoms with van der Waals surface area (Å²) in [6.45, 7) is 0. The lowest BCUT2D eigenvalue weighted by atomic mass is 10.1. The smallest absolute Gasteiger partial charge is 0.140 e. The van der Waals surface area contributed by atoms with Crippen molar-refractivity contribution in [2.45, 2.75) is 9.79 Å². The maximum absolute atomic E-state index is 9.87. The van der Waals surface area contributed by atoms with E-state index in [1.54, 1.807) is 30.1 Å². The molecule has 0 unspecified atom stereocenters. The Morgan fingerprint density at radius 1 is 1.00 bits per heavy atom. The fourth-order valence-corrected chi connectivity index (χ4v) is 2.90. The topological polar surface area (TPSA) is 56.9 Å². The molecule has 20 heavy (non-hydrogen) atoms. The van der Waals surface area contributed by atoms with Gasteiger partial charge in [-0.2, -0.15) is 5.26 Å². The van der Waals surface area contributed by atoms with E-state index in [1.807, 2.05) is 42.5 Å². The Labute approximate surface area is 120 Å². The molecule has 4 heteroatoms. The maximum atomic E-state index is 9.87. The molecule has 0 bridgehead atoms. The fourth-order valence-electron chi connectivity index (χ4n) is 1.98. The molecular formula is C16H10N2OS. The number of phenolic OH excluding ortho intramolecular Hbond substituents is 1. The number of pyridine rings is 1. The molecule has 3 nitrogen and oxygen atoms in total. The summed E-state index contributed by atoms with van der Waals surface area (Å²) in [5.74, 6) is 0.280. The second-order valence-electron chi connectivity index (χ2n) is 4.22. The summed E-state index contributed by atoms with van der Waals surface area (Å²) < 4.78 is 0. The Bertz CT molecular complexity index is 807. The molecule has 0 spiro atoms. The SMILES string of the molecule is N#Cc1ccc(Sc2ccc(O)c3ccccc23)cn1. The van der Waals surface area contributed by atoms with E-state index in [9.17, 15) is 5.11 Å². The van der Waals surface area contributed by atoms with Crippen LogP contribution in [0.5, 0.6) is 5.75 Å². The van der Waals surface area contributed by atoms with Crippen LogP contribution < -0.4 is 0 Å². The number of nitriles is 1. The Morgan fingerprint density at radius 3 is 2.50 bits per heavy atom. The predicted molar refractivity (Wildman–Crippen MR) is 78.7 cm³/mol. The normalized spacial score (nSPS) is 10.3. The zero-order chi connectivity index (χ0) is 13.9. The summed E-state index contributed by atoms with van der Waals surface area (Å²) in [5.41, 5.74) is 0.407. The number of aromatic hydroxyl groups is 1. The molecule has 3 aromatic rings. The summed E-state index contributed by atoms with van der Waals surface area (Å²) in [6.07, 6.45) is 1.69. The highest BCUT2D eigenvalue weighted by molar-refractivity contribution is 7.99. The Balaban J connectivity index is 2.02. The number of rotatable bonds is 2. The molecule has 0 amide bonds. The van der Waals surface area contributed by atoms with E-state index in [4.69, 9.17) is 5.26 Å². The number of hydrogen-bond acceptors (Lipinski definition) is 4. The van der Waals surface area contributed by atoms with Crippen molar-refractivity contribution in [3.05, 3.63) is 60.4 Å². The molecule has 3 rings (SSSR count). The van der Waals surface area contributed by atoms with Crippen LogP contribution in [0.15, 0.2) is 64.5 Å². The number of phenols is 1. The highest BCUT2D eigenvalue weighted by Gasteiger charge is 2.06. The molecule has 0 saturated carbocycles. The van der Waals surface area contributed by atoms with Crippen LogP contribution in [0.25, 0.3) is 10.8 Å². The third kappa shape index (κ3) is 2.31. The van der Waals surface area contributed by atoms with Gasteiger partial charge in [0.2, 0.25) is 0 Å². The van der Waals surface area contributed by atoms with E-state index in [-0.39, 0.29) is 5.75 Å². The van der Waals surface area contributed by atoms with Gasteiger partial charge in [0.05, 0.1) is 0 Å². The van der Waals surface area contributed by atoms with Gasteiger partial charge in [-0.1, -0.05) is 36.0 Å². The monoisotopic (exact) mass is 278 g/mol. The van der Waals surface area contributed by atoms with Crippen molar-refractivity contribution in [1.29, 1.82) is 5.26 Å². The number of fused-ring (bicyclic) bond motifs is 1. The van der Waals surface area contributed by atoms with E-state index >= 15 is 0 Å². The van der Waals surface area contributed by atoms with Gasteiger partial charge in [-0.15, -0.1) is 0 Å². The fraction of sp³-hybridized carbons (Fsp3) is 0. The van der Waals surface area contributed by atoms with Gasteiger partial charge in [0.15, 0.2) is 0 Å². The van der Waals surface area contributed by atoms with E-state index in [0.29, 0.717) is 5.69 Å². The van der Waals surface area contributed by atoms with Gasteiger partial charge in [0.1, 0.15) is 17.5 Å². The lowest BCUT2D eigenvalue weighted by Gasteiger charge is -2.07. The van der Waals surface area contributed by atoms with Crippen molar-refractivity contribution in [1.82, 2.24) is 4.98 Å². The minimum Gasteiger partial charge on any atom is -0.507 e. The van der Waals surface area contributed by atoms with Gasteiger partial charge in [-0.05, 0) is 29.7 Å². The molecule has 0 aliphatic heterocycles. The van der Waals surface area contributed by atoms with Crippen molar-refractivity contribution >= 4 is 22.5 Å². The molecule has 0 aliphatic rings. The van der Waals surface area contributed by atoms with Crippen molar-refractivity contribution in [3.63, 3.8) is 0 Å². The minimum atomic E-state index is 0.280. The number of hydrogen-bond donors (Lipinski definition) is 1. The lowest BCUT2D eigenvalue weighted by Crippen LogP contribution is -1.83. The lowest BCUT2D eigenvalue weighted by molar-refractivity contribution is 0.481. The van der Waals surface area contributed by atoms with Crippen LogP contribution in [0.2, 0.25) is 0 Å². The van der Waals surface area contributed by atoms with E-state index < -0.39 is 0 Å². The van der Waals surface area contributed by atoms with E-state index in [1.165, 1.54) is 0 Å². The zero-order valence-electron chi connectivity index (χ0n) is 10.4. The van der Waals surface area contributed by atoms with Crippen LogP contribution in [0, 0.1) is 11.3 Å². The maximum Gasteiger partial charge on any atom is 0.140 e. The molecule has 0 atom stereocenters. The second kappa shape index (κ2) is 5.24. The standard InChI is InChI=1S/C16H10N2OS/c17-9-11-5-6-12(10-18-11)20-16-8-7-15(19)13-3-1-2-4-14(13)16/h1-8,10,19H. The van der Waals surface area contributed by atoms with Crippen LogP contribution in [-0.2, 0) is 0 Å². The average molecular weight is 278 g/mol. The van der Waals surface area contributed by atoms with E-state index in [2.05, 4.69) is 4.98 Å². The Kier molecular flexibility index (Phi) is 3.28. The Hall–Kier alpha value is -2.51. The van der Waals surface area contributed by atoms with Crippen LogP contribution in [0.1, 0.15) is 5.69 Å². The van der Waals surface area contributed by atoms with Gasteiger partial charge in [-0.25, -0.2) is 4.98 Å². The summed E-state index contributed by atoms with van der Waals surface area (Å²) in [5, 5.41) is 20.4. The zero-order valence-corrected chi connectivity index (χ0v) is 11.3. The predicted octanol–water partition coefficient (Wildman–Crippen LogP) is 3.96. The first-order valence-corrected chi connectivity index (χ1v) is 6.84. The van der Waals surface area contributed by atoms with Crippen LogP contribution in [0.3, 0.4) is 0 Å². The van der Waals surface area contributed by atoms with Crippen molar-refractivity contribution < 1.29 is 5.11 Å².